The molecule has 2 heteroatoms. The van der Waals surface area contributed by atoms with Gasteiger partial charge in [0.1, 0.15) is 11.5 Å². The highest BCUT2D eigenvalue weighted by molar-refractivity contribution is 5.57. The van der Waals surface area contributed by atoms with Gasteiger partial charge in [-0.2, -0.15) is 0 Å². The zero-order valence-corrected chi connectivity index (χ0v) is 10.5. The molecule has 0 atom stereocenters. The third-order valence-electron chi connectivity index (χ3n) is 3.18. The summed E-state index contributed by atoms with van der Waals surface area (Å²) in [5, 5.41) is 9.98. The van der Waals surface area contributed by atoms with E-state index in [1.54, 1.807) is 0 Å². The number of rotatable bonds is 0. The fraction of sp³-hybridized carbons (Fsp3) is 0.429. The summed E-state index contributed by atoms with van der Waals surface area (Å²) >= 11 is 0. The van der Waals surface area contributed by atoms with E-state index >= 15 is 0 Å². The molecule has 1 N–H and O–H groups in total. The summed E-state index contributed by atoms with van der Waals surface area (Å²) in [5.41, 5.74) is 2.78. The molecule has 2 nitrogen and oxygen atoms in total. The van der Waals surface area contributed by atoms with Crippen molar-refractivity contribution in [3.8, 4) is 11.5 Å². The van der Waals surface area contributed by atoms with E-state index in [9.17, 15) is 5.11 Å². The number of phenolic OH excluding ortho intramolecular Hbond substituents is 1. The molecule has 1 aliphatic heterocycles. The predicted molar refractivity (Wildman–Crippen MR) is 65.0 cm³/mol. The van der Waals surface area contributed by atoms with Gasteiger partial charge in [-0.3, -0.25) is 0 Å². The zero-order chi connectivity index (χ0) is 12.1. The molecule has 0 saturated carbocycles. The Labute approximate surface area is 96.6 Å². The van der Waals surface area contributed by atoms with Crippen LogP contribution in [0.25, 0.3) is 0 Å². The molecule has 0 aromatic heterocycles. The molecule has 86 valence electrons. The molecule has 0 amide bonds. The fourth-order valence-electron chi connectivity index (χ4n) is 2.60. The smallest absolute Gasteiger partial charge is 0.131 e. The van der Waals surface area contributed by atoms with Crippen molar-refractivity contribution < 1.29 is 9.84 Å². The number of ether oxygens (including phenoxy) is 1. The third-order valence-corrected chi connectivity index (χ3v) is 3.18. The lowest BCUT2D eigenvalue weighted by Crippen LogP contribution is -2.22. The molecule has 1 heterocycles. The number of hydrogen-bond donors (Lipinski definition) is 1. The van der Waals surface area contributed by atoms with Gasteiger partial charge >= 0.3 is 0 Å². The summed E-state index contributed by atoms with van der Waals surface area (Å²) in [6.45, 7) is 10.1. The summed E-state index contributed by atoms with van der Waals surface area (Å²) in [6.07, 6.45) is 2.09. The van der Waals surface area contributed by atoms with Crippen LogP contribution in [0.5, 0.6) is 11.5 Å². The molecule has 2 rings (SSSR count). The van der Waals surface area contributed by atoms with Crippen LogP contribution in [0.1, 0.15) is 37.5 Å². The van der Waals surface area contributed by atoms with Crippen molar-refractivity contribution in [2.24, 2.45) is 0 Å². The van der Waals surface area contributed by atoms with Crippen LogP contribution in [0.3, 0.4) is 0 Å². The Bertz CT molecular complexity index is 482. The van der Waals surface area contributed by atoms with Gasteiger partial charge in [-0.25, -0.2) is 0 Å². The number of benzene rings is 1. The first-order valence-corrected chi connectivity index (χ1v) is 5.54. The van der Waals surface area contributed by atoms with Crippen molar-refractivity contribution in [1.82, 2.24) is 0 Å². The Balaban J connectivity index is 2.75. The molecule has 1 aromatic rings. The second-order valence-corrected chi connectivity index (χ2v) is 5.12. The Morgan fingerprint density at radius 3 is 2.44 bits per heavy atom. The van der Waals surface area contributed by atoms with E-state index in [0.29, 0.717) is 5.75 Å². The standard InChI is InChI=1S/C14H18O2/c1-8-6-11-12(10(3)13(8)15)14(4,5)7-9(2)16-11/h6-7,15H,1-5H3. The number of fused-ring (bicyclic) bond motifs is 1. The lowest BCUT2D eigenvalue weighted by molar-refractivity contribution is 0.378. The van der Waals surface area contributed by atoms with E-state index in [-0.39, 0.29) is 5.41 Å². The van der Waals surface area contributed by atoms with E-state index in [0.717, 1.165) is 28.2 Å². The first-order valence-electron chi connectivity index (χ1n) is 5.54. The number of aromatic hydroxyl groups is 1. The van der Waals surface area contributed by atoms with E-state index < -0.39 is 0 Å². The summed E-state index contributed by atoms with van der Waals surface area (Å²) in [6, 6.07) is 1.91. The lowest BCUT2D eigenvalue weighted by Gasteiger charge is -2.32. The van der Waals surface area contributed by atoms with Gasteiger partial charge in [0.15, 0.2) is 0 Å². The number of phenols is 1. The van der Waals surface area contributed by atoms with Crippen molar-refractivity contribution in [3.63, 3.8) is 0 Å². The minimum atomic E-state index is -0.0903. The summed E-state index contributed by atoms with van der Waals surface area (Å²) in [5.74, 6) is 2.17. The van der Waals surface area contributed by atoms with Crippen molar-refractivity contribution in [3.05, 3.63) is 34.6 Å². The second-order valence-electron chi connectivity index (χ2n) is 5.12. The molecule has 16 heavy (non-hydrogen) atoms. The lowest BCUT2D eigenvalue weighted by atomic mass is 9.79. The van der Waals surface area contributed by atoms with Crippen LogP contribution in [0.15, 0.2) is 17.9 Å². The molecule has 1 aromatic carbocycles. The normalized spacial score (nSPS) is 17.4. The molecule has 0 spiro atoms. The molecular weight excluding hydrogens is 200 g/mol. The molecule has 0 unspecified atom stereocenters. The van der Waals surface area contributed by atoms with Gasteiger partial charge in [-0.05, 0) is 44.0 Å². The van der Waals surface area contributed by atoms with Gasteiger partial charge in [0.25, 0.3) is 0 Å². The maximum absolute atomic E-state index is 9.98. The first-order chi connectivity index (χ1) is 7.33. The van der Waals surface area contributed by atoms with Crippen molar-refractivity contribution in [1.29, 1.82) is 0 Å². The topological polar surface area (TPSA) is 29.5 Å². The number of allylic oxidation sites excluding steroid dienone is 2. The van der Waals surface area contributed by atoms with Gasteiger partial charge in [0.2, 0.25) is 0 Å². The molecular formula is C14H18O2. The first kappa shape index (κ1) is 11.1. The number of aryl methyl sites for hydroxylation is 1. The number of hydrogen-bond acceptors (Lipinski definition) is 2. The van der Waals surface area contributed by atoms with Crippen LogP contribution in [-0.2, 0) is 5.41 Å². The largest absolute Gasteiger partial charge is 0.507 e. The van der Waals surface area contributed by atoms with Gasteiger partial charge in [0.05, 0.1) is 5.76 Å². The van der Waals surface area contributed by atoms with E-state index in [4.69, 9.17) is 4.74 Å². The molecule has 0 saturated heterocycles. The van der Waals surface area contributed by atoms with Gasteiger partial charge in [0, 0.05) is 11.0 Å². The summed E-state index contributed by atoms with van der Waals surface area (Å²) in [4.78, 5) is 0. The maximum atomic E-state index is 9.98. The van der Waals surface area contributed by atoms with Gasteiger partial charge in [-0.15, -0.1) is 0 Å². The van der Waals surface area contributed by atoms with Crippen LogP contribution in [0.4, 0.5) is 0 Å². The molecule has 1 aliphatic rings. The van der Waals surface area contributed by atoms with Crippen LogP contribution < -0.4 is 4.74 Å². The van der Waals surface area contributed by atoms with Crippen molar-refractivity contribution in [2.75, 3.05) is 0 Å². The Morgan fingerprint density at radius 2 is 1.81 bits per heavy atom. The zero-order valence-electron chi connectivity index (χ0n) is 10.5. The SMILES string of the molecule is CC1=CC(C)(C)c2c(cc(C)c(O)c2C)O1. The maximum Gasteiger partial charge on any atom is 0.131 e. The van der Waals surface area contributed by atoms with E-state index in [2.05, 4.69) is 19.9 Å². The minimum absolute atomic E-state index is 0.0903. The highest BCUT2D eigenvalue weighted by Gasteiger charge is 2.30. The summed E-state index contributed by atoms with van der Waals surface area (Å²) < 4.78 is 5.73. The predicted octanol–water partition coefficient (Wildman–Crippen LogP) is 3.58. The van der Waals surface area contributed by atoms with E-state index in [1.165, 1.54) is 0 Å². The van der Waals surface area contributed by atoms with Crippen LogP contribution in [-0.4, -0.2) is 5.11 Å². The molecule has 0 bridgehead atoms. The van der Waals surface area contributed by atoms with Gasteiger partial charge < -0.3 is 9.84 Å². The minimum Gasteiger partial charge on any atom is -0.507 e. The monoisotopic (exact) mass is 218 g/mol. The Hall–Kier alpha value is -1.44. The molecule has 0 fully saturated rings. The van der Waals surface area contributed by atoms with Crippen molar-refractivity contribution >= 4 is 0 Å². The second kappa shape index (κ2) is 3.27. The molecule has 0 radical (unpaired) electrons. The average molecular weight is 218 g/mol. The average Bonchev–Trinajstić information content (AvgIpc) is 2.11. The van der Waals surface area contributed by atoms with E-state index in [1.807, 2.05) is 26.8 Å². The van der Waals surface area contributed by atoms with Crippen LogP contribution >= 0.6 is 0 Å². The highest BCUT2D eigenvalue weighted by atomic mass is 16.5. The fourth-order valence-corrected chi connectivity index (χ4v) is 2.60. The Kier molecular flexibility index (Phi) is 2.26. The Morgan fingerprint density at radius 1 is 1.19 bits per heavy atom. The molecule has 0 aliphatic carbocycles. The van der Waals surface area contributed by atoms with Crippen LogP contribution in [0.2, 0.25) is 0 Å². The highest BCUT2D eigenvalue weighted by Crippen LogP contribution is 2.44. The third kappa shape index (κ3) is 1.49. The summed E-state index contributed by atoms with van der Waals surface area (Å²) in [7, 11) is 0. The quantitative estimate of drug-likeness (QED) is 0.721. The van der Waals surface area contributed by atoms with Crippen LogP contribution in [0, 0.1) is 13.8 Å². The van der Waals surface area contributed by atoms with Gasteiger partial charge in [-0.1, -0.05) is 13.8 Å². The van der Waals surface area contributed by atoms with Crippen molar-refractivity contribution in [2.45, 2.75) is 40.0 Å².